The number of hydrogen-bond donors (Lipinski definition) is 1. The van der Waals surface area contributed by atoms with Crippen LogP contribution in [-0.4, -0.2) is 37.4 Å². The van der Waals surface area contributed by atoms with E-state index < -0.39 is 17.1 Å². The molecule has 1 rings (SSSR count). The Kier molecular flexibility index (Phi) is 6.99. The zero-order valence-corrected chi connectivity index (χ0v) is 14.1. The molecule has 1 atom stereocenters. The van der Waals surface area contributed by atoms with Crippen LogP contribution in [0.15, 0.2) is 18.2 Å². The van der Waals surface area contributed by atoms with E-state index >= 15 is 0 Å². The number of hydrogen-bond acceptors (Lipinski definition) is 5. The minimum Gasteiger partial charge on any atom is -0.354 e. The van der Waals surface area contributed by atoms with E-state index in [1.54, 1.807) is 6.07 Å². The van der Waals surface area contributed by atoms with Crippen LogP contribution in [0.1, 0.15) is 23.7 Å². The first-order valence-corrected chi connectivity index (χ1v) is 7.32. The van der Waals surface area contributed by atoms with Crippen LogP contribution in [0.4, 0.5) is 5.69 Å². The van der Waals surface area contributed by atoms with Gasteiger partial charge in [-0.3, -0.25) is 14.9 Å². The van der Waals surface area contributed by atoms with Crippen LogP contribution in [0.25, 0.3) is 0 Å². The number of benzene rings is 1. The zero-order valence-electron chi connectivity index (χ0n) is 12.0. The summed E-state index contributed by atoms with van der Waals surface area (Å²) >= 11 is 1.96. The van der Waals surface area contributed by atoms with Crippen molar-refractivity contribution in [2.75, 3.05) is 14.2 Å². The lowest BCUT2D eigenvalue weighted by Crippen LogP contribution is -2.44. The molecule has 0 saturated heterocycles. The number of nitrogens with one attached hydrogen (secondary N) is 1. The monoisotopic (exact) mass is 408 g/mol. The first-order chi connectivity index (χ1) is 9.94. The highest BCUT2D eigenvalue weighted by atomic mass is 127. The molecule has 1 aromatic carbocycles. The molecule has 0 fully saturated rings. The van der Waals surface area contributed by atoms with Gasteiger partial charge in [0, 0.05) is 29.9 Å². The van der Waals surface area contributed by atoms with Gasteiger partial charge in [0.1, 0.15) is 0 Å². The summed E-state index contributed by atoms with van der Waals surface area (Å²) in [5.74, 6) is -0.394. The Morgan fingerprint density at radius 2 is 2.05 bits per heavy atom. The zero-order chi connectivity index (χ0) is 16.0. The van der Waals surface area contributed by atoms with Crippen LogP contribution >= 0.6 is 22.6 Å². The Morgan fingerprint density at radius 1 is 1.43 bits per heavy atom. The molecule has 8 heteroatoms. The average molecular weight is 408 g/mol. The first kappa shape index (κ1) is 17.8. The normalized spacial score (nSPS) is 12.2. The molecule has 0 bridgehead atoms. The molecule has 1 amide bonds. The smallest absolute Gasteiger partial charge is 0.270 e. The van der Waals surface area contributed by atoms with Gasteiger partial charge in [-0.05, 0) is 35.1 Å². The Morgan fingerprint density at radius 3 is 2.52 bits per heavy atom. The second-order valence-electron chi connectivity index (χ2n) is 4.25. The van der Waals surface area contributed by atoms with Gasteiger partial charge in [0.05, 0.1) is 16.5 Å². The molecule has 1 aromatic rings. The van der Waals surface area contributed by atoms with Crippen LogP contribution in [-0.2, 0) is 9.47 Å². The number of non-ortho nitro benzene ring substituents is 1. The van der Waals surface area contributed by atoms with Gasteiger partial charge >= 0.3 is 0 Å². The molecule has 0 saturated carbocycles. The van der Waals surface area contributed by atoms with Crippen molar-refractivity contribution in [1.82, 2.24) is 5.32 Å². The second-order valence-corrected chi connectivity index (χ2v) is 5.41. The molecule has 0 heterocycles. The molecule has 0 aromatic heterocycles. The van der Waals surface area contributed by atoms with Gasteiger partial charge < -0.3 is 14.8 Å². The fourth-order valence-electron chi connectivity index (χ4n) is 1.83. The topological polar surface area (TPSA) is 90.7 Å². The SMILES string of the molecule is CC[C@@H](NC(=O)c1cc([N+](=O)[O-])ccc1I)C(OC)OC. The highest BCUT2D eigenvalue weighted by Gasteiger charge is 2.23. The molecule has 116 valence electrons. The van der Waals surface area contributed by atoms with E-state index in [0.717, 1.165) is 0 Å². The number of nitro benzene ring substituents is 1. The first-order valence-electron chi connectivity index (χ1n) is 6.25. The third kappa shape index (κ3) is 4.61. The number of rotatable bonds is 7. The summed E-state index contributed by atoms with van der Waals surface area (Å²) in [6.45, 7) is 1.88. The lowest BCUT2D eigenvalue weighted by atomic mass is 10.1. The van der Waals surface area contributed by atoms with Gasteiger partial charge in [0.25, 0.3) is 11.6 Å². The van der Waals surface area contributed by atoms with Crippen molar-refractivity contribution in [2.24, 2.45) is 0 Å². The highest BCUT2D eigenvalue weighted by Crippen LogP contribution is 2.20. The number of nitro groups is 1. The summed E-state index contributed by atoms with van der Waals surface area (Å²) in [5.41, 5.74) is 0.137. The molecule has 0 spiro atoms. The van der Waals surface area contributed by atoms with Gasteiger partial charge in [0.2, 0.25) is 0 Å². The predicted octanol–water partition coefficient (Wildman–Crippen LogP) is 2.33. The maximum Gasteiger partial charge on any atom is 0.270 e. The molecule has 0 aliphatic rings. The van der Waals surface area contributed by atoms with Crippen molar-refractivity contribution in [3.8, 4) is 0 Å². The maximum absolute atomic E-state index is 12.3. The van der Waals surface area contributed by atoms with E-state index in [0.29, 0.717) is 9.99 Å². The lowest BCUT2D eigenvalue weighted by Gasteiger charge is -2.24. The molecule has 0 aliphatic carbocycles. The van der Waals surface area contributed by atoms with E-state index in [-0.39, 0.29) is 17.3 Å². The molecule has 0 radical (unpaired) electrons. The van der Waals surface area contributed by atoms with E-state index in [2.05, 4.69) is 5.32 Å². The van der Waals surface area contributed by atoms with Crippen molar-refractivity contribution < 1.29 is 19.2 Å². The largest absolute Gasteiger partial charge is 0.354 e. The van der Waals surface area contributed by atoms with Crippen LogP contribution in [0.3, 0.4) is 0 Å². The van der Waals surface area contributed by atoms with E-state index in [9.17, 15) is 14.9 Å². The van der Waals surface area contributed by atoms with Crippen LogP contribution in [0, 0.1) is 13.7 Å². The Bertz CT molecular complexity index is 519. The summed E-state index contributed by atoms with van der Waals surface area (Å²) in [4.78, 5) is 22.6. The molecular formula is C13H17IN2O5. The number of carbonyl (C=O) groups excluding carboxylic acids is 1. The fraction of sp³-hybridized carbons (Fsp3) is 0.462. The third-order valence-corrected chi connectivity index (χ3v) is 3.90. The number of ether oxygens (including phenoxy) is 2. The van der Waals surface area contributed by atoms with Crippen LogP contribution < -0.4 is 5.32 Å². The van der Waals surface area contributed by atoms with Gasteiger partial charge in [0.15, 0.2) is 6.29 Å². The third-order valence-electron chi connectivity index (χ3n) is 2.95. The average Bonchev–Trinajstić information content (AvgIpc) is 2.47. The van der Waals surface area contributed by atoms with Gasteiger partial charge in [-0.25, -0.2) is 0 Å². The van der Waals surface area contributed by atoms with Crippen molar-refractivity contribution in [3.63, 3.8) is 0 Å². The predicted molar refractivity (Wildman–Crippen MR) is 85.2 cm³/mol. The van der Waals surface area contributed by atoms with Crippen molar-refractivity contribution in [2.45, 2.75) is 25.7 Å². The Balaban J connectivity index is 2.97. The lowest BCUT2D eigenvalue weighted by molar-refractivity contribution is -0.384. The van der Waals surface area contributed by atoms with Crippen LogP contribution in [0.5, 0.6) is 0 Å². The fourth-order valence-corrected chi connectivity index (χ4v) is 2.41. The Labute approximate surface area is 136 Å². The van der Waals surface area contributed by atoms with Crippen LogP contribution in [0.2, 0.25) is 0 Å². The summed E-state index contributed by atoms with van der Waals surface area (Å²) in [5, 5.41) is 13.6. The summed E-state index contributed by atoms with van der Waals surface area (Å²) in [7, 11) is 2.97. The minimum absolute atomic E-state index is 0.122. The van der Waals surface area contributed by atoms with Crippen molar-refractivity contribution in [3.05, 3.63) is 37.4 Å². The maximum atomic E-state index is 12.3. The summed E-state index contributed by atoms with van der Waals surface area (Å²) in [6, 6.07) is 3.82. The van der Waals surface area contributed by atoms with Gasteiger partial charge in [-0.2, -0.15) is 0 Å². The molecule has 1 N–H and O–H groups in total. The summed E-state index contributed by atoms with van der Waals surface area (Å²) in [6.07, 6.45) is 0.0270. The highest BCUT2D eigenvalue weighted by molar-refractivity contribution is 14.1. The van der Waals surface area contributed by atoms with Gasteiger partial charge in [-0.15, -0.1) is 0 Å². The van der Waals surface area contributed by atoms with E-state index in [1.807, 2.05) is 29.5 Å². The number of methoxy groups -OCH3 is 2. The van der Waals surface area contributed by atoms with E-state index in [4.69, 9.17) is 9.47 Å². The standard InChI is InChI=1S/C13H17IN2O5/c1-4-11(13(20-2)21-3)15-12(17)9-7-8(16(18)19)5-6-10(9)14/h5-7,11,13H,4H2,1-3H3,(H,15,17)/t11-/m1/s1. The molecule has 7 nitrogen and oxygen atoms in total. The number of amides is 1. The molecular weight excluding hydrogens is 391 g/mol. The second kappa shape index (κ2) is 8.25. The minimum atomic E-state index is -0.574. The van der Waals surface area contributed by atoms with Crippen molar-refractivity contribution >= 4 is 34.2 Å². The number of halogens is 1. The molecule has 21 heavy (non-hydrogen) atoms. The number of carbonyl (C=O) groups is 1. The van der Waals surface area contributed by atoms with Gasteiger partial charge in [-0.1, -0.05) is 6.92 Å². The van der Waals surface area contributed by atoms with Crippen molar-refractivity contribution in [1.29, 1.82) is 0 Å². The number of nitrogens with zero attached hydrogens (tertiary/aromatic N) is 1. The quantitative estimate of drug-likeness (QED) is 0.324. The molecule has 0 unspecified atom stereocenters. The Hall–Kier alpha value is -1.26. The van der Waals surface area contributed by atoms with E-state index in [1.165, 1.54) is 26.4 Å². The molecule has 0 aliphatic heterocycles. The summed E-state index contributed by atoms with van der Waals surface area (Å²) < 4.78 is 10.9.